The van der Waals surface area contributed by atoms with Gasteiger partial charge in [0.2, 0.25) is 5.91 Å². The molecular formula is C27H37Cl4N5O4. The van der Waals surface area contributed by atoms with Gasteiger partial charge in [0, 0.05) is 50.4 Å². The van der Waals surface area contributed by atoms with Gasteiger partial charge in [-0.05, 0) is 55.8 Å². The zero-order chi connectivity index (χ0) is 29.7. The van der Waals surface area contributed by atoms with Crippen LogP contribution >= 0.6 is 46.4 Å². The number of nitrogens with zero attached hydrogens (tertiary/aromatic N) is 2. The molecule has 5 N–H and O–H groups in total. The molecule has 1 aromatic carbocycles. The molecule has 222 valence electrons. The summed E-state index contributed by atoms with van der Waals surface area (Å²) in [6, 6.07) is 9.63. The van der Waals surface area contributed by atoms with Gasteiger partial charge in [-0.15, -0.1) is 11.6 Å². The Bertz CT molecular complexity index is 1060. The molecular weight excluding hydrogens is 600 g/mol. The Hall–Kier alpha value is -1.98. The highest BCUT2D eigenvalue weighted by atomic mass is 35.5. The summed E-state index contributed by atoms with van der Waals surface area (Å²) in [5.74, 6) is 0.685. The number of hydrazone groups is 1. The lowest BCUT2D eigenvalue weighted by Gasteiger charge is -2.29. The maximum absolute atomic E-state index is 11.6. The molecule has 0 radical (unpaired) electrons. The quantitative estimate of drug-likeness (QED) is 0.270. The van der Waals surface area contributed by atoms with E-state index >= 15 is 0 Å². The summed E-state index contributed by atoms with van der Waals surface area (Å²) in [7, 11) is 1.86. The van der Waals surface area contributed by atoms with Crippen LogP contribution in [0.5, 0.6) is 0 Å². The summed E-state index contributed by atoms with van der Waals surface area (Å²) >= 11 is 23.2. The van der Waals surface area contributed by atoms with Crippen molar-refractivity contribution in [1.29, 1.82) is 0 Å². The third kappa shape index (κ3) is 11.5. The van der Waals surface area contributed by atoms with Crippen LogP contribution in [0.3, 0.4) is 0 Å². The molecule has 3 heterocycles. The van der Waals surface area contributed by atoms with Gasteiger partial charge >= 0.3 is 0 Å². The van der Waals surface area contributed by atoms with Crippen LogP contribution in [0.4, 0.5) is 0 Å². The van der Waals surface area contributed by atoms with Crippen LogP contribution in [0.1, 0.15) is 36.6 Å². The number of rotatable bonds is 8. The van der Waals surface area contributed by atoms with E-state index in [1.54, 1.807) is 29.6 Å². The summed E-state index contributed by atoms with van der Waals surface area (Å²) < 4.78 is 5.25. The average molecular weight is 637 g/mol. The summed E-state index contributed by atoms with van der Waals surface area (Å²) in [5.41, 5.74) is 0.893. The zero-order valence-corrected chi connectivity index (χ0v) is 25.5. The number of carbonyl (C=O) groups is 1. The second-order valence-corrected chi connectivity index (χ2v) is 11.0. The van der Waals surface area contributed by atoms with Crippen molar-refractivity contribution in [2.24, 2.45) is 5.10 Å². The molecule has 2 aliphatic heterocycles. The van der Waals surface area contributed by atoms with Gasteiger partial charge in [0.15, 0.2) is 5.22 Å². The summed E-state index contributed by atoms with van der Waals surface area (Å²) in [6.07, 6.45) is 4.85. The molecule has 1 saturated heterocycles. The van der Waals surface area contributed by atoms with Crippen LogP contribution in [-0.4, -0.2) is 77.7 Å². The van der Waals surface area contributed by atoms with Gasteiger partial charge in [0.25, 0.3) is 0 Å². The van der Waals surface area contributed by atoms with E-state index in [0.717, 1.165) is 30.7 Å². The average Bonchev–Trinajstić information content (AvgIpc) is 3.44. The number of aliphatic hydroxyl groups excluding tert-OH is 2. The van der Waals surface area contributed by atoms with Gasteiger partial charge in [-0.25, -0.2) is 0 Å². The van der Waals surface area contributed by atoms with Gasteiger partial charge in [-0.1, -0.05) is 41.9 Å². The number of hydrogen-bond acceptors (Lipinski definition) is 8. The van der Waals surface area contributed by atoms with Crippen LogP contribution in [0.15, 0.2) is 52.6 Å². The predicted octanol–water partition coefficient (Wildman–Crippen LogP) is 4.51. The van der Waals surface area contributed by atoms with Crippen molar-refractivity contribution in [3.8, 4) is 0 Å². The second kappa shape index (κ2) is 17.7. The number of amides is 1. The number of aryl methyl sites for hydroxylation is 1. The number of nitrogens with one attached hydrogen (secondary N) is 3. The number of benzene rings is 1. The minimum Gasteiger partial charge on any atom is -0.450 e. The Morgan fingerprint density at radius 2 is 1.98 bits per heavy atom. The van der Waals surface area contributed by atoms with Crippen molar-refractivity contribution >= 4 is 58.5 Å². The number of hydrogen-bond donors (Lipinski definition) is 5. The third-order valence-corrected chi connectivity index (χ3v) is 7.52. The summed E-state index contributed by atoms with van der Waals surface area (Å²) in [5, 5.41) is 34.1. The van der Waals surface area contributed by atoms with Gasteiger partial charge in [-0.3, -0.25) is 9.80 Å². The van der Waals surface area contributed by atoms with Gasteiger partial charge < -0.3 is 30.6 Å². The standard InChI is InChI=1S/C12H23N3O3.C9H10Cl2N2O.C6H4Cl2/c1-2-13-10-4-3-9(14-6-10)5-12(18)15-7-11(17)8-16;1-5-3-6(9(11)14-5)8-7(10)4-12-13(8)2;7-5-3-1-2-4-6(5)8/h2,9-11,13-14,16-17H,1,3-8H2,(H,15,18);3-4,7-8H,1-2H3;1-4H. The Labute approximate surface area is 255 Å². The van der Waals surface area contributed by atoms with Crippen LogP contribution in [-0.2, 0) is 4.79 Å². The SMILES string of the molecule is C=CNC1CCC(CC(=O)NCC(O)CO)NC1.Cc1cc(C2C(Cl)C=NN2C)c(Cl)o1.Clc1ccccc1Cl. The van der Waals surface area contributed by atoms with E-state index in [2.05, 4.69) is 27.6 Å². The van der Waals surface area contributed by atoms with E-state index in [9.17, 15) is 4.79 Å². The zero-order valence-electron chi connectivity index (χ0n) is 22.5. The highest BCUT2D eigenvalue weighted by molar-refractivity contribution is 6.41. The Balaban J connectivity index is 0.000000225. The Morgan fingerprint density at radius 3 is 2.42 bits per heavy atom. The predicted molar refractivity (Wildman–Crippen MR) is 162 cm³/mol. The van der Waals surface area contributed by atoms with E-state index in [1.807, 2.05) is 32.2 Å². The van der Waals surface area contributed by atoms with Crippen molar-refractivity contribution in [1.82, 2.24) is 21.0 Å². The van der Waals surface area contributed by atoms with Crippen molar-refractivity contribution in [3.05, 3.63) is 69.7 Å². The number of halogens is 4. The normalized spacial score (nSPS) is 22.4. The number of aliphatic hydroxyl groups is 2. The van der Waals surface area contributed by atoms with Crippen LogP contribution in [0.25, 0.3) is 0 Å². The minimum atomic E-state index is -0.880. The molecule has 4 rings (SSSR count). The molecule has 9 nitrogen and oxygen atoms in total. The fraction of sp³-hybridized carbons (Fsp3) is 0.481. The molecule has 2 aromatic rings. The number of piperidine rings is 1. The first-order valence-electron chi connectivity index (χ1n) is 12.8. The van der Waals surface area contributed by atoms with Gasteiger partial charge in [-0.2, -0.15) is 5.10 Å². The first-order chi connectivity index (χ1) is 19.0. The first kappa shape index (κ1) is 34.2. The third-order valence-electron chi connectivity index (χ3n) is 6.12. The molecule has 0 bridgehead atoms. The molecule has 2 aliphatic rings. The lowest BCUT2D eigenvalue weighted by Crippen LogP contribution is -2.48. The highest BCUT2D eigenvalue weighted by Gasteiger charge is 2.32. The van der Waals surface area contributed by atoms with Crippen molar-refractivity contribution in [2.45, 2.75) is 55.8 Å². The molecule has 0 saturated carbocycles. The molecule has 1 aromatic heterocycles. The lowest BCUT2D eigenvalue weighted by molar-refractivity contribution is -0.122. The van der Waals surface area contributed by atoms with Crippen LogP contribution in [0.2, 0.25) is 15.3 Å². The molecule has 1 fully saturated rings. The molecule has 0 spiro atoms. The van der Waals surface area contributed by atoms with Crippen LogP contribution < -0.4 is 16.0 Å². The Morgan fingerprint density at radius 1 is 1.30 bits per heavy atom. The topological polar surface area (TPSA) is 122 Å². The largest absolute Gasteiger partial charge is 0.450 e. The van der Waals surface area contributed by atoms with Crippen molar-refractivity contribution < 1.29 is 19.4 Å². The molecule has 5 atom stereocenters. The number of carbonyl (C=O) groups excluding carboxylic acids is 1. The van der Waals surface area contributed by atoms with Crippen molar-refractivity contribution in [3.63, 3.8) is 0 Å². The molecule has 40 heavy (non-hydrogen) atoms. The highest BCUT2D eigenvalue weighted by Crippen LogP contribution is 2.36. The van der Waals surface area contributed by atoms with E-state index in [0.29, 0.717) is 27.7 Å². The maximum Gasteiger partial charge on any atom is 0.221 e. The minimum absolute atomic E-state index is 0.0263. The van der Waals surface area contributed by atoms with Gasteiger partial charge in [0.1, 0.15) is 5.76 Å². The fourth-order valence-corrected chi connectivity index (χ4v) is 4.95. The molecule has 1 amide bonds. The first-order valence-corrected chi connectivity index (χ1v) is 14.4. The molecule has 0 aliphatic carbocycles. The van der Waals surface area contributed by atoms with Crippen molar-refractivity contribution in [2.75, 3.05) is 26.7 Å². The van der Waals surface area contributed by atoms with Crippen LogP contribution in [0, 0.1) is 6.92 Å². The van der Waals surface area contributed by atoms with E-state index in [-0.39, 0.29) is 36.5 Å². The van der Waals surface area contributed by atoms with E-state index < -0.39 is 6.10 Å². The lowest BCUT2D eigenvalue weighted by atomic mass is 9.98. The maximum atomic E-state index is 11.6. The molecule has 5 unspecified atom stereocenters. The summed E-state index contributed by atoms with van der Waals surface area (Å²) in [4.78, 5) is 11.6. The fourth-order valence-electron chi connectivity index (χ4n) is 4.04. The Kier molecular flexibility index (Phi) is 15.2. The smallest absolute Gasteiger partial charge is 0.221 e. The second-order valence-electron chi connectivity index (χ2n) is 9.32. The number of alkyl halides is 1. The van der Waals surface area contributed by atoms with E-state index in [1.165, 1.54) is 0 Å². The van der Waals surface area contributed by atoms with E-state index in [4.69, 9.17) is 61.0 Å². The molecule has 13 heteroatoms. The summed E-state index contributed by atoms with van der Waals surface area (Å²) in [6.45, 7) is 6.07. The van der Waals surface area contributed by atoms with Gasteiger partial charge in [0.05, 0.1) is 34.2 Å². The monoisotopic (exact) mass is 635 g/mol. The number of furan rings is 1.